The molecule has 0 saturated carbocycles. The number of nitrogens with zero attached hydrogens (tertiary/aromatic N) is 4. The summed E-state index contributed by atoms with van der Waals surface area (Å²) in [6.45, 7) is 2.11. The predicted octanol–water partition coefficient (Wildman–Crippen LogP) is 2.44. The topological polar surface area (TPSA) is 90.0 Å². The van der Waals surface area contributed by atoms with Crippen LogP contribution in [-0.4, -0.2) is 44.5 Å². The summed E-state index contributed by atoms with van der Waals surface area (Å²) in [6, 6.07) is 12.0. The minimum atomic E-state index is -0.283. The number of nitrogens with one attached hydrogen (secondary N) is 2. The number of anilines is 2. The number of piperidine rings is 1. The number of H-pyrrole nitrogens is 1. The van der Waals surface area contributed by atoms with Crippen molar-refractivity contribution in [2.75, 3.05) is 23.3 Å². The fraction of sp³-hybridized carbons (Fsp3) is 0.316. The molecule has 7 nitrogen and oxygen atoms in total. The lowest BCUT2D eigenvalue weighted by molar-refractivity contribution is 0.154. The van der Waals surface area contributed by atoms with E-state index in [2.05, 4.69) is 42.5 Å². The van der Waals surface area contributed by atoms with E-state index in [9.17, 15) is 5.11 Å². The molecule has 1 aliphatic rings. The van der Waals surface area contributed by atoms with Crippen LogP contribution >= 0.6 is 0 Å². The van der Waals surface area contributed by atoms with Crippen LogP contribution in [-0.2, 0) is 6.54 Å². The van der Waals surface area contributed by atoms with Crippen molar-refractivity contribution in [3.8, 4) is 11.3 Å². The van der Waals surface area contributed by atoms with Gasteiger partial charge in [0.1, 0.15) is 5.82 Å². The number of rotatable bonds is 5. The van der Waals surface area contributed by atoms with Gasteiger partial charge in [-0.1, -0.05) is 30.3 Å². The highest BCUT2D eigenvalue weighted by molar-refractivity contribution is 5.62. The molecule has 0 aliphatic carbocycles. The molecule has 1 fully saturated rings. The molecule has 3 heterocycles. The molecule has 4 rings (SSSR count). The smallest absolute Gasteiger partial charge is 0.224 e. The van der Waals surface area contributed by atoms with E-state index in [0.717, 1.165) is 42.0 Å². The number of benzene rings is 1. The minimum Gasteiger partial charge on any atom is -0.391 e. The Morgan fingerprint density at radius 1 is 1.23 bits per heavy atom. The largest absolute Gasteiger partial charge is 0.391 e. The molecule has 0 amide bonds. The highest BCUT2D eigenvalue weighted by atomic mass is 16.3. The van der Waals surface area contributed by atoms with Crippen molar-refractivity contribution in [3.05, 3.63) is 54.4 Å². The molecule has 0 spiro atoms. The van der Waals surface area contributed by atoms with Gasteiger partial charge in [0.25, 0.3) is 0 Å². The van der Waals surface area contributed by atoms with Crippen LogP contribution in [0.2, 0.25) is 0 Å². The zero-order chi connectivity index (χ0) is 17.8. The lowest BCUT2D eigenvalue weighted by atomic mass is 10.1. The molecule has 26 heavy (non-hydrogen) atoms. The number of aliphatic hydroxyl groups excluding tert-OH is 1. The van der Waals surface area contributed by atoms with E-state index in [1.54, 1.807) is 6.20 Å². The lowest BCUT2D eigenvalue weighted by Crippen LogP contribution is -2.38. The first-order chi connectivity index (χ1) is 12.8. The van der Waals surface area contributed by atoms with E-state index in [0.29, 0.717) is 19.0 Å². The molecule has 134 valence electrons. The highest BCUT2D eigenvalue weighted by Gasteiger charge is 2.19. The van der Waals surface area contributed by atoms with Crippen LogP contribution in [0.15, 0.2) is 48.8 Å². The SMILES string of the molecule is O[C@@H]1CCCN(c2ccnc(NCc3cn[nH]c3-c3ccccc3)n2)C1. The predicted molar refractivity (Wildman–Crippen MR) is 101 cm³/mol. The number of β-amino-alcohol motifs (C(OH)–C–C–N with tert-alkyl or cyclic N) is 1. The van der Waals surface area contributed by atoms with Gasteiger partial charge in [-0.05, 0) is 24.5 Å². The zero-order valence-corrected chi connectivity index (χ0v) is 14.5. The van der Waals surface area contributed by atoms with Crippen molar-refractivity contribution in [2.45, 2.75) is 25.5 Å². The van der Waals surface area contributed by atoms with Crippen LogP contribution in [0.1, 0.15) is 18.4 Å². The summed E-state index contributed by atoms with van der Waals surface area (Å²) in [5, 5.41) is 20.4. The summed E-state index contributed by atoms with van der Waals surface area (Å²) in [4.78, 5) is 11.0. The van der Waals surface area contributed by atoms with Crippen LogP contribution in [0.25, 0.3) is 11.3 Å². The third-order valence-electron chi connectivity index (χ3n) is 4.58. The Kier molecular flexibility index (Phi) is 4.79. The van der Waals surface area contributed by atoms with Gasteiger partial charge < -0.3 is 15.3 Å². The van der Waals surface area contributed by atoms with Crippen LogP contribution < -0.4 is 10.2 Å². The molecule has 1 atom stereocenters. The summed E-state index contributed by atoms with van der Waals surface area (Å²) in [5.41, 5.74) is 3.14. The zero-order valence-electron chi connectivity index (χ0n) is 14.5. The van der Waals surface area contributed by atoms with Gasteiger partial charge in [0, 0.05) is 31.4 Å². The Morgan fingerprint density at radius 2 is 2.12 bits per heavy atom. The second-order valence-electron chi connectivity index (χ2n) is 6.47. The summed E-state index contributed by atoms with van der Waals surface area (Å²) in [6.07, 6.45) is 5.12. The van der Waals surface area contributed by atoms with Gasteiger partial charge in [0.2, 0.25) is 5.95 Å². The van der Waals surface area contributed by atoms with Gasteiger partial charge in [0.15, 0.2) is 0 Å². The molecule has 0 bridgehead atoms. The van der Waals surface area contributed by atoms with Gasteiger partial charge in [-0.15, -0.1) is 0 Å². The van der Waals surface area contributed by atoms with E-state index in [-0.39, 0.29) is 6.10 Å². The number of aromatic amines is 1. The van der Waals surface area contributed by atoms with Crippen LogP contribution in [0, 0.1) is 0 Å². The molecular formula is C19H22N6O. The molecular weight excluding hydrogens is 328 g/mol. The monoisotopic (exact) mass is 350 g/mol. The molecule has 3 aromatic rings. The van der Waals surface area contributed by atoms with Gasteiger partial charge in [-0.25, -0.2) is 4.98 Å². The molecule has 7 heteroatoms. The average Bonchev–Trinajstić information content (AvgIpc) is 3.16. The normalized spacial score (nSPS) is 17.3. The fourth-order valence-corrected chi connectivity index (χ4v) is 3.25. The van der Waals surface area contributed by atoms with Crippen molar-refractivity contribution in [1.29, 1.82) is 0 Å². The average molecular weight is 350 g/mol. The number of hydrogen-bond donors (Lipinski definition) is 3. The molecule has 3 N–H and O–H groups in total. The number of hydrogen-bond acceptors (Lipinski definition) is 6. The highest BCUT2D eigenvalue weighted by Crippen LogP contribution is 2.22. The van der Waals surface area contributed by atoms with E-state index < -0.39 is 0 Å². The molecule has 2 aromatic heterocycles. The van der Waals surface area contributed by atoms with Crippen LogP contribution in [0.4, 0.5) is 11.8 Å². The first-order valence-electron chi connectivity index (χ1n) is 8.87. The minimum absolute atomic E-state index is 0.283. The first-order valence-corrected chi connectivity index (χ1v) is 8.87. The number of aliphatic hydroxyl groups is 1. The Morgan fingerprint density at radius 3 is 2.96 bits per heavy atom. The molecule has 0 radical (unpaired) electrons. The molecule has 1 saturated heterocycles. The Balaban J connectivity index is 1.46. The summed E-state index contributed by atoms with van der Waals surface area (Å²) < 4.78 is 0. The van der Waals surface area contributed by atoms with E-state index in [1.165, 1.54) is 0 Å². The van der Waals surface area contributed by atoms with Gasteiger partial charge in [-0.3, -0.25) is 5.10 Å². The van der Waals surface area contributed by atoms with Crippen LogP contribution in [0.3, 0.4) is 0 Å². The third kappa shape index (κ3) is 3.67. The van der Waals surface area contributed by atoms with Gasteiger partial charge in [0.05, 0.1) is 18.0 Å². The maximum atomic E-state index is 9.87. The second-order valence-corrected chi connectivity index (χ2v) is 6.47. The van der Waals surface area contributed by atoms with E-state index in [1.807, 2.05) is 30.5 Å². The summed E-state index contributed by atoms with van der Waals surface area (Å²) >= 11 is 0. The maximum Gasteiger partial charge on any atom is 0.224 e. The second kappa shape index (κ2) is 7.53. The van der Waals surface area contributed by atoms with E-state index in [4.69, 9.17) is 0 Å². The van der Waals surface area contributed by atoms with Crippen molar-refractivity contribution >= 4 is 11.8 Å². The molecule has 1 aromatic carbocycles. The summed E-state index contributed by atoms with van der Waals surface area (Å²) in [5.74, 6) is 1.42. The standard InChI is InChI=1S/C19H22N6O/c26-16-7-4-10-25(13-16)17-8-9-20-19(23-17)21-11-15-12-22-24-18(15)14-5-2-1-3-6-14/h1-3,5-6,8-9,12,16,26H,4,7,10-11,13H2,(H,22,24)(H,20,21,23)/t16-/m1/s1. The summed E-state index contributed by atoms with van der Waals surface area (Å²) in [7, 11) is 0. The molecule has 0 unspecified atom stereocenters. The van der Waals surface area contributed by atoms with Gasteiger partial charge >= 0.3 is 0 Å². The van der Waals surface area contributed by atoms with Crippen molar-refractivity contribution < 1.29 is 5.11 Å². The Labute approximate surface area is 152 Å². The lowest BCUT2D eigenvalue weighted by Gasteiger charge is -2.31. The Hall–Kier alpha value is -2.93. The first kappa shape index (κ1) is 16.5. The van der Waals surface area contributed by atoms with Crippen LogP contribution in [0.5, 0.6) is 0 Å². The fourth-order valence-electron chi connectivity index (χ4n) is 3.25. The van der Waals surface area contributed by atoms with Crippen molar-refractivity contribution in [1.82, 2.24) is 20.2 Å². The van der Waals surface area contributed by atoms with Crippen molar-refractivity contribution in [3.63, 3.8) is 0 Å². The number of aromatic nitrogens is 4. The molecule has 1 aliphatic heterocycles. The Bertz CT molecular complexity index is 850. The van der Waals surface area contributed by atoms with Gasteiger partial charge in [-0.2, -0.15) is 10.1 Å². The quantitative estimate of drug-likeness (QED) is 0.655. The van der Waals surface area contributed by atoms with E-state index >= 15 is 0 Å². The third-order valence-corrected chi connectivity index (χ3v) is 4.58. The maximum absolute atomic E-state index is 9.87. The van der Waals surface area contributed by atoms with Crippen molar-refractivity contribution in [2.24, 2.45) is 0 Å².